The van der Waals surface area contributed by atoms with Crippen molar-refractivity contribution < 1.29 is 14.6 Å². The van der Waals surface area contributed by atoms with Crippen LogP contribution in [-0.4, -0.2) is 36.4 Å². The summed E-state index contributed by atoms with van der Waals surface area (Å²) < 4.78 is 4.87. The maximum Gasteiger partial charge on any atom is 0.226 e. The Morgan fingerprint density at radius 2 is 2.36 bits per heavy atom. The molecule has 0 bridgehead atoms. The van der Waals surface area contributed by atoms with Gasteiger partial charge in [0.15, 0.2) is 0 Å². The third-order valence-corrected chi connectivity index (χ3v) is 2.40. The molecule has 0 aromatic rings. The molecule has 0 spiro atoms. The highest BCUT2D eigenvalue weighted by Crippen LogP contribution is 2.30. The lowest BCUT2D eigenvalue weighted by Crippen LogP contribution is -2.57. The normalized spacial score (nSPS) is 34.6. The van der Waals surface area contributed by atoms with E-state index in [1.165, 1.54) is 0 Å². The van der Waals surface area contributed by atoms with Crippen molar-refractivity contribution in [1.82, 2.24) is 5.32 Å². The second-order valence-electron chi connectivity index (χ2n) is 3.23. The molecule has 0 saturated carbocycles. The van der Waals surface area contributed by atoms with Gasteiger partial charge in [0.2, 0.25) is 5.91 Å². The zero-order valence-electron chi connectivity index (χ0n) is 6.17. The third-order valence-electron chi connectivity index (χ3n) is 2.40. The fourth-order valence-corrected chi connectivity index (χ4v) is 1.62. The number of aliphatic hydroxyl groups is 1. The maximum atomic E-state index is 11.1. The van der Waals surface area contributed by atoms with E-state index in [1.54, 1.807) is 0 Å². The van der Waals surface area contributed by atoms with Crippen LogP contribution >= 0.6 is 0 Å². The van der Waals surface area contributed by atoms with Gasteiger partial charge in [-0.25, -0.2) is 0 Å². The van der Waals surface area contributed by atoms with Crippen molar-refractivity contribution in [3.8, 4) is 0 Å². The Bertz CT molecular complexity index is 188. The summed E-state index contributed by atoms with van der Waals surface area (Å²) in [5.74, 6) is -0.271. The molecule has 0 unspecified atom stereocenters. The molecule has 4 heteroatoms. The molecule has 2 aliphatic heterocycles. The number of nitrogens with one attached hydrogen (secondary N) is 1. The Hall–Kier alpha value is -0.610. The largest absolute Gasteiger partial charge is 0.384 e. The van der Waals surface area contributed by atoms with Gasteiger partial charge in [-0.3, -0.25) is 4.79 Å². The SMILES string of the molecule is O=C1NCC[C@@H]1C1(O)COC1. The smallest absolute Gasteiger partial charge is 0.226 e. The third kappa shape index (κ3) is 0.937. The molecule has 2 fully saturated rings. The van der Waals surface area contributed by atoms with Crippen LogP contribution in [0.4, 0.5) is 0 Å². The number of hydrogen-bond donors (Lipinski definition) is 2. The van der Waals surface area contributed by atoms with E-state index < -0.39 is 5.60 Å². The topological polar surface area (TPSA) is 58.6 Å². The fourth-order valence-electron chi connectivity index (χ4n) is 1.62. The number of carbonyl (C=O) groups is 1. The van der Waals surface area contributed by atoms with Crippen molar-refractivity contribution in [2.24, 2.45) is 5.92 Å². The minimum Gasteiger partial charge on any atom is -0.384 e. The van der Waals surface area contributed by atoms with Gasteiger partial charge in [-0.15, -0.1) is 0 Å². The predicted molar refractivity (Wildman–Crippen MR) is 36.9 cm³/mol. The molecule has 0 radical (unpaired) electrons. The van der Waals surface area contributed by atoms with Gasteiger partial charge in [0.05, 0.1) is 19.1 Å². The van der Waals surface area contributed by atoms with Gasteiger partial charge in [0.25, 0.3) is 0 Å². The molecular formula is C7H11NO3. The number of rotatable bonds is 1. The van der Waals surface area contributed by atoms with Gasteiger partial charge >= 0.3 is 0 Å². The Morgan fingerprint density at radius 3 is 2.73 bits per heavy atom. The second-order valence-corrected chi connectivity index (χ2v) is 3.23. The van der Waals surface area contributed by atoms with E-state index in [-0.39, 0.29) is 11.8 Å². The van der Waals surface area contributed by atoms with Crippen molar-refractivity contribution in [3.05, 3.63) is 0 Å². The zero-order valence-corrected chi connectivity index (χ0v) is 6.17. The summed E-state index contributed by atoms with van der Waals surface area (Å²) >= 11 is 0. The average Bonchev–Trinajstić information content (AvgIpc) is 2.30. The summed E-state index contributed by atoms with van der Waals surface area (Å²) in [7, 11) is 0. The summed E-state index contributed by atoms with van der Waals surface area (Å²) in [6.07, 6.45) is 0.735. The summed E-state index contributed by atoms with van der Waals surface area (Å²) in [6.45, 7) is 1.31. The van der Waals surface area contributed by atoms with E-state index >= 15 is 0 Å². The first-order valence-electron chi connectivity index (χ1n) is 3.80. The van der Waals surface area contributed by atoms with Gasteiger partial charge in [-0.05, 0) is 6.42 Å². The van der Waals surface area contributed by atoms with E-state index in [4.69, 9.17) is 4.74 Å². The fraction of sp³-hybridized carbons (Fsp3) is 0.857. The quantitative estimate of drug-likeness (QED) is 0.507. The lowest BCUT2D eigenvalue weighted by molar-refractivity contribution is -0.205. The van der Waals surface area contributed by atoms with E-state index in [1.807, 2.05) is 0 Å². The van der Waals surface area contributed by atoms with Crippen LogP contribution in [0.3, 0.4) is 0 Å². The molecule has 0 aromatic heterocycles. The number of ether oxygens (including phenoxy) is 1. The van der Waals surface area contributed by atoms with Crippen molar-refractivity contribution in [3.63, 3.8) is 0 Å². The molecule has 11 heavy (non-hydrogen) atoms. The molecule has 4 nitrogen and oxygen atoms in total. The first-order valence-corrected chi connectivity index (χ1v) is 3.80. The molecule has 2 heterocycles. The van der Waals surface area contributed by atoms with Gasteiger partial charge in [0, 0.05) is 6.54 Å². The summed E-state index contributed by atoms with van der Waals surface area (Å²) in [5, 5.41) is 12.4. The Kier molecular flexibility index (Phi) is 1.40. The summed E-state index contributed by atoms with van der Waals surface area (Å²) in [4.78, 5) is 11.1. The van der Waals surface area contributed by atoms with Crippen LogP contribution < -0.4 is 5.32 Å². The van der Waals surface area contributed by atoms with Crippen LogP contribution in [0.1, 0.15) is 6.42 Å². The molecule has 0 aliphatic carbocycles. The summed E-state index contributed by atoms with van der Waals surface area (Å²) in [5.41, 5.74) is -0.861. The highest BCUT2D eigenvalue weighted by molar-refractivity contribution is 5.82. The number of carbonyl (C=O) groups excluding carboxylic acids is 1. The standard InChI is InChI=1S/C7H11NO3/c9-6-5(1-2-8-6)7(10)3-11-4-7/h5,10H,1-4H2,(H,8,9)/t5-/m0/s1. The molecule has 0 aromatic carbocycles. The van der Waals surface area contributed by atoms with Gasteiger partial charge in [0.1, 0.15) is 5.60 Å². The monoisotopic (exact) mass is 157 g/mol. The molecule has 2 saturated heterocycles. The van der Waals surface area contributed by atoms with Crippen LogP contribution in [0, 0.1) is 5.92 Å². The van der Waals surface area contributed by atoms with E-state index in [0.717, 1.165) is 6.42 Å². The second kappa shape index (κ2) is 2.19. The van der Waals surface area contributed by atoms with Crippen molar-refractivity contribution >= 4 is 5.91 Å². The van der Waals surface area contributed by atoms with Crippen LogP contribution in [0.2, 0.25) is 0 Å². The van der Waals surface area contributed by atoms with Crippen molar-refractivity contribution in [2.45, 2.75) is 12.0 Å². The first-order chi connectivity index (χ1) is 5.22. The molecule has 1 atom stereocenters. The lowest BCUT2D eigenvalue weighted by atomic mass is 9.84. The van der Waals surface area contributed by atoms with Gasteiger partial charge < -0.3 is 15.2 Å². The molecule has 2 aliphatic rings. The number of hydrogen-bond acceptors (Lipinski definition) is 3. The molecule has 1 amide bonds. The van der Waals surface area contributed by atoms with Crippen LogP contribution in [-0.2, 0) is 9.53 Å². The van der Waals surface area contributed by atoms with Gasteiger partial charge in [-0.2, -0.15) is 0 Å². The average molecular weight is 157 g/mol. The van der Waals surface area contributed by atoms with Crippen LogP contribution in [0.15, 0.2) is 0 Å². The number of amides is 1. The summed E-state index contributed by atoms with van der Waals surface area (Å²) in [6, 6.07) is 0. The Balaban J connectivity index is 2.08. The predicted octanol–water partition coefficient (Wildman–Crippen LogP) is -1.12. The highest BCUT2D eigenvalue weighted by atomic mass is 16.5. The molecule has 2 N–H and O–H groups in total. The van der Waals surface area contributed by atoms with Crippen LogP contribution in [0.5, 0.6) is 0 Å². The van der Waals surface area contributed by atoms with Crippen LogP contribution in [0.25, 0.3) is 0 Å². The minimum absolute atomic E-state index is 0.0317. The Labute approximate surface area is 64.5 Å². The Morgan fingerprint density at radius 1 is 1.64 bits per heavy atom. The van der Waals surface area contributed by atoms with E-state index in [2.05, 4.69) is 5.32 Å². The molecular weight excluding hydrogens is 146 g/mol. The zero-order chi connectivity index (χ0) is 7.90. The minimum atomic E-state index is -0.861. The van der Waals surface area contributed by atoms with Crippen molar-refractivity contribution in [2.75, 3.05) is 19.8 Å². The van der Waals surface area contributed by atoms with E-state index in [0.29, 0.717) is 19.8 Å². The van der Waals surface area contributed by atoms with Crippen molar-refractivity contribution in [1.29, 1.82) is 0 Å². The van der Waals surface area contributed by atoms with Gasteiger partial charge in [-0.1, -0.05) is 0 Å². The molecule has 62 valence electrons. The maximum absolute atomic E-state index is 11.1. The lowest BCUT2D eigenvalue weighted by Gasteiger charge is -2.39. The van der Waals surface area contributed by atoms with E-state index in [9.17, 15) is 9.90 Å². The molecule has 2 rings (SSSR count). The highest BCUT2D eigenvalue weighted by Gasteiger charge is 2.49. The first kappa shape index (κ1) is 7.06.